The zero-order valence-corrected chi connectivity index (χ0v) is 17.5. The van der Waals surface area contributed by atoms with Crippen LogP contribution in [-0.2, 0) is 13.1 Å². The summed E-state index contributed by atoms with van der Waals surface area (Å²) < 4.78 is 3.18. The molecule has 0 bridgehead atoms. The number of imidazole rings is 1. The molecule has 0 saturated heterocycles. The molecule has 0 aliphatic carbocycles. The molecular formula is C20H26N8O. The number of likely N-dealkylation sites (N-methyl/N-ethyl adjacent to an activating group) is 1. The van der Waals surface area contributed by atoms with Gasteiger partial charge in [0.1, 0.15) is 23.4 Å². The van der Waals surface area contributed by atoms with E-state index in [4.69, 9.17) is 5.73 Å². The van der Waals surface area contributed by atoms with E-state index in [1.807, 2.05) is 43.4 Å². The van der Waals surface area contributed by atoms with Crippen LogP contribution < -0.4 is 16.2 Å². The molecule has 0 aliphatic heterocycles. The number of anilines is 1. The highest BCUT2D eigenvalue weighted by atomic mass is 16.1. The minimum Gasteiger partial charge on any atom is -0.344 e. The van der Waals surface area contributed by atoms with Crippen LogP contribution in [0.15, 0.2) is 17.1 Å². The molecule has 0 radical (unpaired) electrons. The summed E-state index contributed by atoms with van der Waals surface area (Å²) in [6.07, 6.45) is 1.60. The summed E-state index contributed by atoms with van der Waals surface area (Å²) in [5.41, 5.74) is 8.37. The van der Waals surface area contributed by atoms with Crippen molar-refractivity contribution in [2.75, 3.05) is 18.5 Å². The van der Waals surface area contributed by atoms with E-state index in [1.165, 1.54) is 4.68 Å². The molecule has 9 nitrogen and oxygen atoms in total. The third kappa shape index (κ3) is 4.43. The number of nitrogens with zero attached hydrogens (tertiary/aromatic N) is 7. The van der Waals surface area contributed by atoms with Gasteiger partial charge in [-0.15, -0.1) is 5.92 Å². The summed E-state index contributed by atoms with van der Waals surface area (Å²) in [5.74, 6) is 7.09. The minimum atomic E-state index is -0.254. The predicted molar refractivity (Wildman–Crippen MR) is 113 cm³/mol. The lowest BCUT2D eigenvalue weighted by atomic mass is 10.3. The predicted octanol–water partition coefficient (Wildman–Crippen LogP) is 0.855. The summed E-state index contributed by atoms with van der Waals surface area (Å²) in [6, 6.07) is 1.85. The van der Waals surface area contributed by atoms with E-state index in [0.29, 0.717) is 35.9 Å². The average Bonchev–Trinajstić information content (AvgIpc) is 3.00. The third-order valence-corrected chi connectivity index (χ3v) is 4.37. The van der Waals surface area contributed by atoms with Crippen molar-refractivity contribution >= 4 is 17.0 Å². The van der Waals surface area contributed by atoms with Crippen molar-refractivity contribution in [1.29, 1.82) is 0 Å². The first-order chi connectivity index (χ1) is 13.8. The molecule has 3 rings (SSSR count). The van der Waals surface area contributed by atoms with Crippen molar-refractivity contribution < 1.29 is 0 Å². The molecule has 3 aromatic heterocycles. The van der Waals surface area contributed by atoms with E-state index in [2.05, 4.69) is 31.9 Å². The lowest BCUT2D eigenvalue weighted by molar-refractivity contribution is 0.614. The fourth-order valence-corrected chi connectivity index (χ4v) is 3.30. The Kier molecular flexibility index (Phi) is 5.94. The van der Waals surface area contributed by atoms with E-state index in [1.54, 1.807) is 13.1 Å². The molecule has 0 spiro atoms. The van der Waals surface area contributed by atoms with Gasteiger partial charge >= 0.3 is 0 Å². The van der Waals surface area contributed by atoms with E-state index < -0.39 is 0 Å². The molecule has 2 N–H and O–H groups in total. The molecule has 0 aromatic carbocycles. The molecule has 1 unspecified atom stereocenters. The van der Waals surface area contributed by atoms with Crippen molar-refractivity contribution in [3.63, 3.8) is 0 Å². The van der Waals surface area contributed by atoms with E-state index >= 15 is 0 Å². The normalized spacial score (nSPS) is 11.9. The Morgan fingerprint density at radius 2 is 1.93 bits per heavy atom. The van der Waals surface area contributed by atoms with Gasteiger partial charge in [-0.25, -0.2) is 19.6 Å². The van der Waals surface area contributed by atoms with Gasteiger partial charge in [-0.3, -0.25) is 9.36 Å². The zero-order valence-electron chi connectivity index (χ0n) is 17.5. The second kappa shape index (κ2) is 8.41. The first kappa shape index (κ1) is 20.5. The second-order valence-electron chi connectivity index (χ2n) is 7.19. The van der Waals surface area contributed by atoms with Crippen molar-refractivity contribution in [1.82, 2.24) is 29.3 Å². The molecule has 9 heteroatoms. The number of hydrogen-bond donors (Lipinski definition) is 1. The first-order valence-electron chi connectivity index (χ1n) is 9.44. The van der Waals surface area contributed by atoms with E-state index in [-0.39, 0.29) is 18.1 Å². The van der Waals surface area contributed by atoms with Gasteiger partial charge in [-0.05, 0) is 33.8 Å². The Balaban J connectivity index is 2.11. The highest BCUT2D eigenvalue weighted by Crippen LogP contribution is 2.19. The lowest BCUT2D eigenvalue weighted by Crippen LogP contribution is -2.34. The summed E-state index contributed by atoms with van der Waals surface area (Å²) in [5, 5.41) is 4.29. The van der Waals surface area contributed by atoms with Crippen LogP contribution in [0.4, 0.5) is 5.95 Å². The van der Waals surface area contributed by atoms with Gasteiger partial charge in [0.25, 0.3) is 5.56 Å². The van der Waals surface area contributed by atoms with Crippen LogP contribution in [0.25, 0.3) is 11.0 Å². The van der Waals surface area contributed by atoms with Crippen molar-refractivity contribution in [3.8, 4) is 11.8 Å². The van der Waals surface area contributed by atoms with Crippen LogP contribution in [0, 0.1) is 25.7 Å². The molecule has 0 fully saturated rings. The molecule has 3 aromatic rings. The smallest absolute Gasteiger partial charge is 0.293 e. The van der Waals surface area contributed by atoms with Crippen LogP contribution in [-0.4, -0.2) is 48.9 Å². The Hall–Kier alpha value is -3.25. The maximum atomic E-state index is 13.2. The zero-order chi connectivity index (χ0) is 21.1. The highest BCUT2D eigenvalue weighted by Gasteiger charge is 2.19. The molecule has 1 atom stereocenters. The topological polar surface area (TPSA) is 108 Å². The first-order valence-corrected chi connectivity index (χ1v) is 9.44. The van der Waals surface area contributed by atoms with Gasteiger partial charge in [-0.2, -0.15) is 5.10 Å². The van der Waals surface area contributed by atoms with Crippen LogP contribution in [0.2, 0.25) is 0 Å². The lowest BCUT2D eigenvalue weighted by Gasteiger charge is -2.20. The van der Waals surface area contributed by atoms with Crippen LogP contribution in [0.5, 0.6) is 0 Å². The van der Waals surface area contributed by atoms with Crippen LogP contribution >= 0.6 is 0 Å². The fourth-order valence-electron chi connectivity index (χ4n) is 3.30. The monoisotopic (exact) mass is 394 g/mol. The van der Waals surface area contributed by atoms with Crippen molar-refractivity contribution in [3.05, 3.63) is 39.8 Å². The molecular weight excluding hydrogens is 368 g/mol. The molecule has 29 heavy (non-hydrogen) atoms. The molecule has 0 aliphatic rings. The van der Waals surface area contributed by atoms with Crippen molar-refractivity contribution in [2.24, 2.45) is 5.73 Å². The maximum Gasteiger partial charge on any atom is 0.293 e. The average molecular weight is 394 g/mol. The molecule has 3 heterocycles. The van der Waals surface area contributed by atoms with Gasteiger partial charge in [-0.1, -0.05) is 5.92 Å². The number of nitrogens with two attached hydrogens (primary N) is 1. The SMILES string of the molecule is CC#CCn1c(N(C)CC(C)N)nc2cnn(Cc3nc(C)cc(C)n3)c(=O)c21. The third-order valence-electron chi connectivity index (χ3n) is 4.37. The van der Waals surface area contributed by atoms with Crippen molar-refractivity contribution in [2.45, 2.75) is 46.8 Å². The van der Waals surface area contributed by atoms with Gasteiger partial charge in [0.2, 0.25) is 5.95 Å². The number of fused-ring (bicyclic) bond motifs is 1. The largest absolute Gasteiger partial charge is 0.344 e. The van der Waals surface area contributed by atoms with Crippen LogP contribution in [0.1, 0.15) is 31.1 Å². The highest BCUT2D eigenvalue weighted by molar-refractivity contribution is 5.77. The summed E-state index contributed by atoms with van der Waals surface area (Å²) >= 11 is 0. The Morgan fingerprint density at radius 1 is 1.24 bits per heavy atom. The maximum absolute atomic E-state index is 13.2. The molecule has 0 saturated carbocycles. The van der Waals surface area contributed by atoms with E-state index in [9.17, 15) is 4.79 Å². The van der Waals surface area contributed by atoms with Gasteiger partial charge in [0.15, 0.2) is 0 Å². The molecule has 152 valence electrons. The number of rotatable bonds is 6. The number of hydrogen-bond acceptors (Lipinski definition) is 7. The number of aryl methyl sites for hydroxylation is 2. The summed E-state index contributed by atoms with van der Waals surface area (Å²) in [7, 11) is 1.90. The van der Waals surface area contributed by atoms with Gasteiger partial charge in [0.05, 0.1) is 12.7 Å². The second-order valence-corrected chi connectivity index (χ2v) is 7.19. The fraction of sp³-hybridized carbons (Fsp3) is 0.450. The Labute approximate surface area is 169 Å². The quantitative estimate of drug-likeness (QED) is 0.618. The standard InChI is InChI=1S/C20H26N8O/c1-6-7-8-27-18-16(25-20(27)26(5)11-13(2)21)10-22-28(19(18)29)12-17-23-14(3)9-15(4)24-17/h9-10,13H,8,11-12,21H2,1-5H3. The van der Waals surface area contributed by atoms with Gasteiger partial charge < -0.3 is 10.6 Å². The number of aromatic nitrogens is 6. The Morgan fingerprint density at radius 3 is 2.55 bits per heavy atom. The summed E-state index contributed by atoms with van der Waals surface area (Å²) in [4.78, 5) is 28.6. The minimum absolute atomic E-state index is 0.0398. The van der Waals surface area contributed by atoms with Gasteiger partial charge in [0, 0.05) is 31.0 Å². The summed E-state index contributed by atoms with van der Waals surface area (Å²) in [6.45, 7) is 8.63. The van der Waals surface area contributed by atoms with Crippen LogP contribution in [0.3, 0.4) is 0 Å². The molecule has 0 amide bonds. The Bertz CT molecular complexity index is 1130. The van der Waals surface area contributed by atoms with E-state index in [0.717, 1.165) is 11.4 Å².